The quantitative estimate of drug-likeness (QED) is 0.400. The summed E-state index contributed by atoms with van der Waals surface area (Å²) in [4.78, 5) is 28.5. The average molecular weight is 459 g/mol. The van der Waals surface area contributed by atoms with E-state index in [4.69, 9.17) is 13.6 Å². The fraction of sp³-hybridized carbons (Fsp3) is 0.259. The lowest BCUT2D eigenvalue weighted by molar-refractivity contribution is 0.0471. The van der Waals surface area contributed by atoms with Gasteiger partial charge in [0.25, 0.3) is 11.8 Å². The van der Waals surface area contributed by atoms with Crippen LogP contribution in [0.5, 0.6) is 0 Å². The molecule has 1 aliphatic rings. The zero-order valence-corrected chi connectivity index (χ0v) is 19.0. The Hall–Kier alpha value is -3.84. The highest BCUT2D eigenvalue weighted by Gasteiger charge is 2.30. The molecule has 2 aromatic heterocycles. The summed E-state index contributed by atoms with van der Waals surface area (Å²) in [6, 6.07) is 18.2. The summed E-state index contributed by atoms with van der Waals surface area (Å²) in [5.74, 6) is 0.110. The highest BCUT2D eigenvalue weighted by atomic mass is 16.5. The fourth-order valence-corrected chi connectivity index (χ4v) is 4.20. The topological polar surface area (TPSA) is 84.9 Å². The Kier molecular flexibility index (Phi) is 6.18. The van der Waals surface area contributed by atoms with Crippen LogP contribution in [0.3, 0.4) is 0 Å². The maximum Gasteiger partial charge on any atom is 0.292 e. The Morgan fingerprint density at radius 3 is 2.62 bits per heavy atom. The molecule has 34 heavy (non-hydrogen) atoms. The van der Waals surface area contributed by atoms with Crippen LogP contribution in [0.15, 0.2) is 75.8 Å². The smallest absolute Gasteiger partial charge is 0.292 e. The number of furan rings is 2. The molecule has 0 aliphatic carbocycles. The Morgan fingerprint density at radius 2 is 1.88 bits per heavy atom. The molecule has 0 radical (unpaired) electrons. The number of rotatable bonds is 7. The minimum atomic E-state index is -0.331. The van der Waals surface area contributed by atoms with Crippen LogP contribution in [0.2, 0.25) is 0 Å². The third-order valence-corrected chi connectivity index (χ3v) is 6.00. The van der Waals surface area contributed by atoms with E-state index in [1.54, 1.807) is 35.4 Å². The van der Waals surface area contributed by atoms with Crippen molar-refractivity contribution in [3.63, 3.8) is 0 Å². The maximum atomic E-state index is 13.8. The van der Waals surface area contributed by atoms with Crippen LogP contribution >= 0.6 is 0 Å². The van der Waals surface area contributed by atoms with Crippen molar-refractivity contribution >= 4 is 28.5 Å². The van der Waals surface area contributed by atoms with Crippen LogP contribution in [0.1, 0.15) is 45.1 Å². The number of nitrogens with zero attached hydrogens (tertiary/aromatic N) is 1. The predicted molar refractivity (Wildman–Crippen MR) is 128 cm³/mol. The number of ether oxygens (including phenoxy) is 1. The number of anilines is 1. The standard InChI is InChI=1S/C27H26N2O5/c1-18-10-12-19(13-11-18)26(30)28-24-22-8-2-3-9-23(22)34-25(24)27(31)29(16-20-6-4-14-32-20)17-21-7-5-15-33-21/h2-4,6,8-14,21H,5,7,15-17H2,1H3,(H,28,30)/t21-/m0/s1. The van der Waals surface area contributed by atoms with Gasteiger partial charge in [-0.1, -0.05) is 29.8 Å². The third kappa shape index (κ3) is 4.61. The van der Waals surface area contributed by atoms with Crippen molar-refractivity contribution in [1.82, 2.24) is 4.90 Å². The molecule has 174 valence electrons. The molecular formula is C27H26N2O5. The van der Waals surface area contributed by atoms with Crippen LogP contribution in [0.4, 0.5) is 5.69 Å². The second-order valence-electron chi connectivity index (χ2n) is 8.52. The first-order valence-electron chi connectivity index (χ1n) is 11.4. The van der Waals surface area contributed by atoms with E-state index in [9.17, 15) is 9.59 Å². The molecule has 3 heterocycles. The second kappa shape index (κ2) is 9.57. The molecule has 0 unspecified atom stereocenters. The van der Waals surface area contributed by atoms with E-state index >= 15 is 0 Å². The first kappa shape index (κ1) is 22.0. The van der Waals surface area contributed by atoms with E-state index in [-0.39, 0.29) is 30.2 Å². The predicted octanol–water partition coefficient (Wildman–Crippen LogP) is 5.41. The molecule has 7 heteroatoms. The number of benzene rings is 2. The van der Waals surface area contributed by atoms with Crippen molar-refractivity contribution in [2.75, 3.05) is 18.5 Å². The van der Waals surface area contributed by atoms with Gasteiger partial charge in [0.2, 0.25) is 5.76 Å². The Balaban J connectivity index is 1.49. The third-order valence-electron chi connectivity index (χ3n) is 6.00. The van der Waals surface area contributed by atoms with Gasteiger partial charge in [-0.25, -0.2) is 0 Å². The van der Waals surface area contributed by atoms with Crippen molar-refractivity contribution < 1.29 is 23.2 Å². The highest BCUT2D eigenvalue weighted by molar-refractivity contribution is 6.14. The first-order valence-corrected chi connectivity index (χ1v) is 11.4. The van der Waals surface area contributed by atoms with Gasteiger partial charge in [0.15, 0.2) is 0 Å². The lowest BCUT2D eigenvalue weighted by Gasteiger charge is -2.24. The molecule has 2 amide bonds. The second-order valence-corrected chi connectivity index (χ2v) is 8.52. The van der Waals surface area contributed by atoms with E-state index in [1.807, 2.05) is 43.3 Å². The minimum absolute atomic E-state index is 0.0473. The molecule has 4 aromatic rings. The molecule has 1 saturated heterocycles. The summed E-state index contributed by atoms with van der Waals surface area (Å²) < 4.78 is 17.3. The number of amides is 2. The number of nitrogens with one attached hydrogen (secondary N) is 1. The Morgan fingerprint density at radius 1 is 1.06 bits per heavy atom. The molecule has 5 rings (SSSR count). The molecule has 1 atom stereocenters. The summed E-state index contributed by atoms with van der Waals surface area (Å²) in [7, 11) is 0. The molecule has 7 nitrogen and oxygen atoms in total. The summed E-state index contributed by atoms with van der Waals surface area (Å²) in [6.07, 6.45) is 3.39. The first-order chi connectivity index (χ1) is 16.6. The van der Waals surface area contributed by atoms with Gasteiger partial charge < -0.3 is 23.8 Å². The number of hydrogen-bond donors (Lipinski definition) is 1. The molecule has 1 fully saturated rings. The van der Waals surface area contributed by atoms with E-state index in [1.165, 1.54) is 0 Å². The molecule has 1 aliphatic heterocycles. The van der Waals surface area contributed by atoms with Gasteiger partial charge in [-0.2, -0.15) is 0 Å². The van der Waals surface area contributed by atoms with Crippen molar-refractivity contribution in [3.8, 4) is 0 Å². The zero-order valence-electron chi connectivity index (χ0n) is 19.0. The number of para-hydroxylation sites is 1. The van der Waals surface area contributed by atoms with E-state index in [0.717, 1.165) is 18.4 Å². The SMILES string of the molecule is Cc1ccc(C(=O)Nc2c(C(=O)N(Cc3ccco3)C[C@@H]3CCCO3)oc3ccccc23)cc1. The van der Waals surface area contributed by atoms with Crippen LogP contribution in [0, 0.1) is 6.92 Å². The zero-order chi connectivity index (χ0) is 23.5. The van der Waals surface area contributed by atoms with Gasteiger partial charge in [0, 0.05) is 24.1 Å². The number of carbonyl (C=O) groups excluding carboxylic acids is 2. The van der Waals surface area contributed by atoms with Crippen molar-refractivity contribution in [1.29, 1.82) is 0 Å². The molecule has 2 aromatic carbocycles. The number of carbonyl (C=O) groups is 2. The molecule has 0 spiro atoms. The van der Waals surface area contributed by atoms with Gasteiger partial charge in [-0.05, 0) is 56.2 Å². The fourth-order valence-electron chi connectivity index (χ4n) is 4.20. The lowest BCUT2D eigenvalue weighted by atomic mass is 10.1. The molecule has 0 bridgehead atoms. The maximum absolute atomic E-state index is 13.8. The van der Waals surface area contributed by atoms with Crippen molar-refractivity contribution in [2.45, 2.75) is 32.4 Å². The van der Waals surface area contributed by atoms with E-state index < -0.39 is 0 Å². The van der Waals surface area contributed by atoms with Crippen LogP contribution < -0.4 is 5.32 Å². The van der Waals surface area contributed by atoms with Gasteiger partial charge >= 0.3 is 0 Å². The Bertz CT molecular complexity index is 1280. The highest BCUT2D eigenvalue weighted by Crippen LogP contribution is 2.33. The van der Waals surface area contributed by atoms with Crippen molar-refractivity contribution in [2.24, 2.45) is 0 Å². The number of hydrogen-bond acceptors (Lipinski definition) is 5. The van der Waals surface area contributed by atoms with Crippen LogP contribution in [-0.2, 0) is 11.3 Å². The summed E-state index contributed by atoms with van der Waals surface area (Å²) >= 11 is 0. The summed E-state index contributed by atoms with van der Waals surface area (Å²) in [5.41, 5.74) is 2.45. The van der Waals surface area contributed by atoms with E-state index in [0.29, 0.717) is 41.1 Å². The molecule has 1 N–H and O–H groups in total. The van der Waals surface area contributed by atoms with Crippen molar-refractivity contribution in [3.05, 3.63) is 89.6 Å². The summed E-state index contributed by atoms with van der Waals surface area (Å²) in [5, 5.41) is 3.59. The lowest BCUT2D eigenvalue weighted by Crippen LogP contribution is -2.37. The largest absolute Gasteiger partial charge is 0.467 e. The van der Waals surface area contributed by atoms with Crippen LogP contribution in [-0.4, -0.2) is 36.0 Å². The number of fused-ring (bicyclic) bond motifs is 1. The number of aryl methyl sites for hydroxylation is 1. The van der Waals surface area contributed by atoms with Gasteiger partial charge in [0.05, 0.1) is 18.9 Å². The van der Waals surface area contributed by atoms with Gasteiger partial charge in [0.1, 0.15) is 17.0 Å². The molecular weight excluding hydrogens is 432 g/mol. The molecule has 0 saturated carbocycles. The normalized spacial score (nSPS) is 15.5. The minimum Gasteiger partial charge on any atom is -0.467 e. The van der Waals surface area contributed by atoms with E-state index in [2.05, 4.69) is 5.32 Å². The van der Waals surface area contributed by atoms with Gasteiger partial charge in [-0.3, -0.25) is 9.59 Å². The monoisotopic (exact) mass is 458 g/mol. The Labute approximate surface area is 197 Å². The summed E-state index contributed by atoms with van der Waals surface area (Å²) in [6.45, 7) is 3.33. The van der Waals surface area contributed by atoms with Crippen LogP contribution in [0.25, 0.3) is 11.0 Å². The van der Waals surface area contributed by atoms with Gasteiger partial charge in [-0.15, -0.1) is 0 Å². The average Bonchev–Trinajstić information content (AvgIpc) is 3.61.